The summed E-state index contributed by atoms with van der Waals surface area (Å²) in [6.07, 6.45) is 1.65. The predicted octanol–water partition coefficient (Wildman–Crippen LogP) is 2.66. The summed E-state index contributed by atoms with van der Waals surface area (Å²) in [5.41, 5.74) is 0.746. The van der Waals surface area contributed by atoms with Crippen LogP contribution in [0.25, 0.3) is 0 Å². The molecule has 0 bridgehead atoms. The van der Waals surface area contributed by atoms with Gasteiger partial charge in [-0.05, 0) is 43.9 Å². The van der Waals surface area contributed by atoms with Crippen LogP contribution in [0.15, 0.2) is 11.0 Å². The van der Waals surface area contributed by atoms with Gasteiger partial charge in [0.15, 0.2) is 0 Å². The van der Waals surface area contributed by atoms with Gasteiger partial charge in [0.25, 0.3) is 0 Å². The molecule has 0 atom stereocenters. The molecule has 0 aliphatic heterocycles. The van der Waals surface area contributed by atoms with Gasteiger partial charge in [0.1, 0.15) is 4.90 Å². The molecule has 20 heavy (non-hydrogen) atoms. The van der Waals surface area contributed by atoms with Crippen LogP contribution in [0, 0.1) is 19.3 Å². The van der Waals surface area contributed by atoms with E-state index in [0.717, 1.165) is 12.8 Å². The Labute approximate surface area is 129 Å². The second kappa shape index (κ2) is 5.46. The Balaban J connectivity index is 2.35. The average Bonchev–Trinajstić information content (AvgIpc) is 3.15. The number of halogens is 2. The molecule has 0 unspecified atom stereocenters. The zero-order valence-electron chi connectivity index (χ0n) is 11.3. The summed E-state index contributed by atoms with van der Waals surface area (Å²) in [7, 11) is -3.75. The van der Waals surface area contributed by atoms with Crippen molar-refractivity contribution in [3.8, 4) is 0 Å². The molecule has 0 saturated heterocycles. The Morgan fingerprint density at radius 1 is 1.35 bits per heavy atom. The Morgan fingerprint density at radius 3 is 2.45 bits per heavy atom. The van der Waals surface area contributed by atoms with E-state index in [4.69, 9.17) is 23.2 Å². The fourth-order valence-corrected chi connectivity index (χ4v) is 4.39. The van der Waals surface area contributed by atoms with Crippen molar-refractivity contribution in [2.45, 2.75) is 31.6 Å². The third-order valence-electron chi connectivity index (χ3n) is 3.79. The molecule has 112 valence electrons. The topological polar surface area (TPSA) is 66.4 Å². The summed E-state index contributed by atoms with van der Waals surface area (Å²) in [6, 6.07) is 1.65. The summed E-state index contributed by atoms with van der Waals surface area (Å²) in [6.45, 7) is 3.54. The standard InChI is InChI=1S/C13H17Cl2NO3S/c1-8-5-10(14)9(2)12(11(8)15)20(18,19)16-6-13(7-17)3-4-13/h5,16-17H,3-4,6-7H2,1-2H3. The predicted molar refractivity (Wildman–Crippen MR) is 79.9 cm³/mol. The van der Waals surface area contributed by atoms with E-state index in [1.807, 2.05) is 0 Å². The number of aliphatic hydroxyl groups excluding tert-OH is 1. The van der Waals surface area contributed by atoms with Crippen molar-refractivity contribution >= 4 is 33.2 Å². The lowest BCUT2D eigenvalue weighted by atomic mass is 10.1. The first-order valence-corrected chi connectivity index (χ1v) is 8.52. The Kier molecular flexibility index (Phi) is 4.38. The average molecular weight is 338 g/mol. The van der Waals surface area contributed by atoms with Crippen LogP contribution in [-0.4, -0.2) is 26.7 Å². The number of sulfonamides is 1. The summed E-state index contributed by atoms with van der Waals surface area (Å²) >= 11 is 12.2. The molecule has 1 fully saturated rings. The maximum atomic E-state index is 12.4. The number of rotatable bonds is 5. The molecule has 0 aromatic heterocycles. The monoisotopic (exact) mass is 337 g/mol. The van der Waals surface area contributed by atoms with E-state index in [1.165, 1.54) is 0 Å². The molecule has 1 aromatic carbocycles. The van der Waals surface area contributed by atoms with E-state index in [2.05, 4.69) is 4.72 Å². The minimum absolute atomic E-state index is 0.0171. The molecule has 0 radical (unpaired) electrons. The lowest BCUT2D eigenvalue weighted by molar-refractivity contribution is 0.213. The van der Waals surface area contributed by atoms with Crippen molar-refractivity contribution in [2.24, 2.45) is 5.41 Å². The number of hydrogen-bond acceptors (Lipinski definition) is 3. The summed E-state index contributed by atoms with van der Waals surface area (Å²) in [5, 5.41) is 9.80. The fourth-order valence-electron chi connectivity index (χ4n) is 2.02. The van der Waals surface area contributed by atoms with Crippen molar-refractivity contribution in [3.63, 3.8) is 0 Å². The third-order valence-corrected chi connectivity index (χ3v) is 6.35. The quantitative estimate of drug-likeness (QED) is 0.867. The van der Waals surface area contributed by atoms with Gasteiger partial charge in [-0.15, -0.1) is 0 Å². The molecule has 2 N–H and O–H groups in total. The zero-order chi connectivity index (χ0) is 15.1. The van der Waals surface area contributed by atoms with Gasteiger partial charge in [0.2, 0.25) is 10.0 Å². The van der Waals surface area contributed by atoms with Crippen LogP contribution in [0.3, 0.4) is 0 Å². The number of benzene rings is 1. The van der Waals surface area contributed by atoms with Crippen molar-refractivity contribution < 1.29 is 13.5 Å². The summed E-state index contributed by atoms with van der Waals surface area (Å²) in [5.74, 6) is 0. The molecular formula is C13H17Cl2NO3S. The molecular weight excluding hydrogens is 321 g/mol. The van der Waals surface area contributed by atoms with Gasteiger partial charge in [-0.3, -0.25) is 0 Å². The van der Waals surface area contributed by atoms with Crippen molar-refractivity contribution in [1.82, 2.24) is 4.72 Å². The van der Waals surface area contributed by atoms with Crippen LogP contribution in [0.1, 0.15) is 24.0 Å². The Bertz CT molecular complexity index is 613. The molecule has 1 aliphatic rings. The first kappa shape index (κ1) is 16.0. The van der Waals surface area contributed by atoms with Gasteiger partial charge < -0.3 is 5.11 Å². The molecule has 0 spiro atoms. The molecule has 7 heteroatoms. The van der Waals surface area contributed by atoms with Crippen LogP contribution >= 0.6 is 23.2 Å². The van der Waals surface area contributed by atoms with Crippen LogP contribution in [0.2, 0.25) is 10.0 Å². The normalized spacial score (nSPS) is 17.2. The first-order chi connectivity index (χ1) is 9.22. The van der Waals surface area contributed by atoms with Gasteiger partial charge in [0, 0.05) is 23.6 Å². The summed E-state index contributed by atoms with van der Waals surface area (Å²) < 4.78 is 27.4. The molecule has 1 aromatic rings. The largest absolute Gasteiger partial charge is 0.396 e. The highest BCUT2D eigenvalue weighted by Crippen LogP contribution is 2.44. The SMILES string of the molecule is Cc1cc(Cl)c(C)c(S(=O)(=O)NCC2(CO)CC2)c1Cl. The van der Waals surface area contributed by atoms with E-state index in [9.17, 15) is 13.5 Å². The number of aliphatic hydroxyl groups is 1. The van der Waals surface area contributed by atoms with Crippen LogP contribution in [0.4, 0.5) is 0 Å². The smallest absolute Gasteiger partial charge is 0.242 e. The van der Waals surface area contributed by atoms with Gasteiger partial charge in [-0.25, -0.2) is 13.1 Å². The molecule has 1 aliphatic carbocycles. The van der Waals surface area contributed by atoms with Crippen molar-refractivity contribution in [2.75, 3.05) is 13.2 Å². The second-order valence-electron chi connectivity index (χ2n) is 5.43. The maximum Gasteiger partial charge on any atom is 0.242 e. The number of aryl methyl sites for hydroxylation is 1. The van der Waals surface area contributed by atoms with Crippen LogP contribution in [0.5, 0.6) is 0 Å². The third kappa shape index (κ3) is 2.97. The van der Waals surface area contributed by atoms with Gasteiger partial charge >= 0.3 is 0 Å². The van der Waals surface area contributed by atoms with Crippen LogP contribution in [-0.2, 0) is 10.0 Å². The van der Waals surface area contributed by atoms with Crippen molar-refractivity contribution in [3.05, 3.63) is 27.2 Å². The minimum atomic E-state index is -3.75. The zero-order valence-corrected chi connectivity index (χ0v) is 13.7. The van der Waals surface area contributed by atoms with E-state index in [-0.39, 0.29) is 28.5 Å². The highest BCUT2D eigenvalue weighted by molar-refractivity contribution is 7.89. The van der Waals surface area contributed by atoms with E-state index in [0.29, 0.717) is 16.1 Å². The molecule has 0 amide bonds. The minimum Gasteiger partial charge on any atom is -0.396 e. The van der Waals surface area contributed by atoms with Gasteiger partial charge in [-0.2, -0.15) is 0 Å². The second-order valence-corrected chi connectivity index (χ2v) is 7.92. The van der Waals surface area contributed by atoms with Crippen LogP contribution < -0.4 is 4.72 Å². The van der Waals surface area contributed by atoms with E-state index in [1.54, 1.807) is 19.9 Å². The molecule has 2 rings (SSSR count). The molecule has 1 saturated carbocycles. The number of nitrogens with one attached hydrogen (secondary N) is 1. The van der Waals surface area contributed by atoms with Gasteiger partial charge in [0.05, 0.1) is 5.02 Å². The highest BCUT2D eigenvalue weighted by atomic mass is 35.5. The molecule has 4 nitrogen and oxygen atoms in total. The maximum absolute atomic E-state index is 12.4. The van der Waals surface area contributed by atoms with Crippen molar-refractivity contribution in [1.29, 1.82) is 0 Å². The molecule has 0 heterocycles. The van der Waals surface area contributed by atoms with Gasteiger partial charge in [-0.1, -0.05) is 23.2 Å². The van der Waals surface area contributed by atoms with E-state index < -0.39 is 10.0 Å². The first-order valence-electron chi connectivity index (χ1n) is 6.28. The lowest BCUT2D eigenvalue weighted by Gasteiger charge is -2.17. The van der Waals surface area contributed by atoms with E-state index >= 15 is 0 Å². The highest BCUT2D eigenvalue weighted by Gasteiger charge is 2.43. The lowest BCUT2D eigenvalue weighted by Crippen LogP contribution is -2.32. The number of hydrogen-bond donors (Lipinski definition) is 2. The Morgan fingerprint density at radius 2 is 1.95 bits per heavy atom. The summed E-state index contributed by atoms with van der Waals surface area (Å²) in [4.78, 5) is 0.0258. The Hall–Kier alpha value is -0.330. The fraction of sp³-hybridized carbons (Fsp3) is 0.538.